The first-order valence-corrected chi connectivity index (χ1v) is 7.54. The van der Waals surface area contributed by atoms with Crippen molar-refractivity contribution >= 4 is 0 Å². The van der Waals surface area contributed by atoms with Crippen molar-refractivity contribution in [2.24, 2.45) is 5.73 Å². The minimum atomic E-state index is -0.0247. The molecular weight excluding hydrogens is 248 g/mol. The molecule has 1 aliphatic rings. The molecule has 4 nitrogen and oxygen atoms in total. The van der Waals surface area contributed by atoms with Gasteiger partial charge >= 0.3 is 0 Å². The topological polar surface area (TPSA) is 67.6 Å². The Kier molecular flexibility index (Phi) is 4.11. The zero-order valence-electron chi connectivity index (χ0n) is 11.8. The summed E-state index contributed by atoms with van der Waals surface area (Å²) in [7, 11) is 0. The van der Waals surface area contributed by atoms with E-state index in [4.69, 9.17) is 5.73 Å². The van der Waals surface area contributed by atoms with Crippen LogP contribution in [0.5, 0.6) is 0 Å². The van der Waals surface area contributed by atoms with E-state index in [0.717, 1.165) is 17.2 Å². The van der Waals surface area contributed by atoms with Gasteiger partial charge in [0, 0.05) is 18.4 Å². The highest BCUT2D eigenvalue weighted by atomic mass is 15.2. The maximum absolute atomic E-state index is 6.23. The number of H-pyrrole nitrogens is 1. The molecule has 0 aliphatic heterocycles. The second-order valence-electron chi connectivity index (χ2n) is 5.70. The van der Waals surface area contributed by atoms with Gasteiger partial charge in [0.15, 0.2) is 5.82 Å². The molecule has 1 aliphatic carbocycles. The molecule has 0 spiro atoms. The summed E-state index contributed by atoms with van der Waals surface area (Å²) in [6.45, 7) is 0. The monoisotopic (exact) mass is 270 g/mol. The molecule has 1 heterocycles. The number of nitrogens with zero attached hydrogens (tertiary/aromatic N) is 2. The Morgan fingerprint density at radius 3 is 2.65 bits per heavy atom. The van der Waals surface area contributed by atoms with Crippen molar-refractivity contribution in [3.05, 3.63) is 47.5 Å². The molecular formula is C16H22N4. The molecule has 1 aromatic heterocycles. The Bertz CT molecular complexity index is 528. The van der Waals surface area contributed by atoms with Gasteiger partial charge in [-0.1, -0.05) is 49.6 Å². The standard InChI is InChI=1S/C16H22N4/c17-14(12-7-3-1-4-8-12)11-15-18-16(20-19-15)13-9-5-2-6-10-13/h1,3-4,7-8,13-14H,2,5-6,9-11,17H2,(H,18,19,20). The summed E-state index contributed by atoms with van der Waals surface area (Å²) in [6.07, 6.45) is 7.12. The van der Waals surface area contributed by atoms with E-state index < -0.39 is 0 Å². The molecule has 2 aromatic rings. The molecule has 20 heavy (non-hydrogen) atoms. The number of aromatic nitrogens is 3. The fourth-order valence-electron chi connectivity index (χ4n) is 2.97. The Hall–Kier alpha value is -1.68. The predicted octanol–water partition coefficient (Wildman–Crippen LogP) is 3.09. The second-order valence-corrected chi connectivity index (χ2v) is 5.70. The number of nitrogens with one attached hydrogen (secondary N) is 1. The lowest BCUT2D eigenvalue weighted by atomic mass is 9.89. The number of hydrogen-bond acceptors (Lipinski definition) is 3. The van der Waals surface area contributed by atoms with Crippen LogP contribution in [0.3, 0.4) is 0 Å². The second kappa shape index (κ2) is 6.18. The normalized spacial score (nSPS) is 18.1. The summed E-state index contributed by atoms with van der Waals surface area (Å²) in [5.41, 5.74) is 7.37. The van der Waals surface area contributed by atoms with Crippen molar-refractivity contribution in [2.75, 3.05) is 0 Å². The fraction of sp³-hybridized carbons (Fsp3) is 0.500. The highest BCUT2D eigenvalue weighted by Gasteiger charge is 2.20. The quantitative estimate of drug-likeness (QED) is 0.897. The number of aromatic amines is 1. The van der Waals surface area contributed by atoms with Crippen LogP contribution in [0.4, 0.5) is 0 Å². The lowest BCUT2D eigenvalue weighted by Gasteiger charge is -2.18. The van der Waals surface area contributed by atoms with Crippen molar-refractivity contribution < 1.29 is 0 Å². The average Bonchev–Trinajstić information content (AvgIpc) is 2.97. The minimum Gasteiger partial charge on any atom is -0.324 e. The lowest BCUT2D eigenvalue weighted by Crippen LogP contribution is -2.14. The Morgan fingerprint density at radius 1 is 1.15 bits per heavy atom. The van der Waals surface area contributed by atoms with Gasteiger partial charge in [-0.2, -0.15) is 5.10 Å². The number of hydrogen-bond donors (Lipinski definition) is 2. The van der Waals surface area contributed by atoms with Gasteiger partial charge in [0.2, 0.25) is 0 Å². The first kappa shape index (κ1) is 13.3. The van der Waals surface area contributed by atoms with Crippen LogP contribution in [0.2, 0.25) is 0 Å². The van der Waals surface area contributed by atoms with E-state index >= 15 is 0 Å². The van der Waals surface area contributed by atoms with Crippen molar-refractivity contribution in [3.63, 3.8) is 0 Å². The fourth-order valence-corrected chi connectivity index (χ4v) is 2.97. The first-order valence-electron chi connectivity index (χ1n) is 7.54. The molecule has 0 saturated heterocycles. The number of nitrogens with two attached hydrogens (primary N) is 1. The molecule has 3 N–H and O–H groups in total. The van der Waals surface area contributed by atoms with Gasteiger partial charge in [0.1, 0.15) is 5.82 Å². The van der Waals surface area contributed by atoms with Crippen LogP contribution < -0.4 is 5.73 Å². The van der Waals surface area contributed by atoms with Gasteiger partial charge in [0.25, 0.3) is 0 Å². The van der Waals surface area contributed by atoms with E-state index in [1.54, 1.807) is 0 Å². The average molecular weight is 270 g/mol. The van der Waals surface area contributed by atoms with Gasteiger partial charge in [-0.25, -0.2) is 4.98 Å². The first-order chi connectivity index (χ1) is 9.83. The highest BCUT2D eigenvalue weighted by molar-refractivity contribution is 5.19. The molecule has 1 fully saturated rings. The van der Waals surface area contributed by atoms with Crippen LogP contribution in [0, 0.1) is 0 Å². The van der Waals surface area contributed by atoms with Crippen molar-refractivity contribution in [3.8, 4) is 0 Å². The van der Waals surface area contributed by atoms with Crippen molar-refractivity contribution in [2.45, 2.75) is 50.5 Å². The van der Waals surface area contributed by atoms with Crippen LogP contribution in [0.1, 0.15) is 61.3 Å². The zero-order valence-corrected chi connectivity index (χ0v) is 11.8. The molecule has 1 unspecified atom stereocenters. The molecule has 0 amide bonds. The summed E-state index contributed by atoms with van der Waals surface area (Å²) in [6, 6.07) is 10.1. The third-order valence-corrected chi connectivity index (χ3v) is 4.16. The van der Waals surface area contributed by atoms with Gasteiger partial charge in [0.05, 0.1) is 0 Å². The van der Waals surface area contributed by atoms with E-state index in [9.17, 15) is 0 Å². The molecule has 0 bridgehead atoms. The van der Waals surface area contributed by atoms with E-state index in [-0.39, 0.29) is 6.04 Å². The van der Waals surface area contributed by atoms with E-state index in [0.29, 0.717) is 12.3 Å². The molecule has 4 heteroatoms. The summed E-state index contributed by atoms with van der Waals surface area (Å²) < 4.78 is 0. The van der Waals surface area contributed by atoms with Crippen LogP contribution >= 0.6 is 0 Å². The third kappa shape index (κ3) is 3.07. The van der Waals surface area contributed by atoms with E-state index in [1.165, 1.54) is 32.1 Å². The maximum atomic E-state index is 6.23. The minimum absolute atomic E-state index is 0.0247. The van der Waals surface area contributed by atoms with Gasteiger partial charge in [-0.05, 0) is 18.4 Å². The third-order valence-electron chi connectivity index (χ3n) is 4.16. The summed E-state index contributed by atoms with van der Waals surface area (Å²) in [5.74, 6) is 2.43. The number of rotatable bonds is 4. The number of benzene rings is 1. The lowest BCUT2D eigenvalue weighted by molar-refractivity contribution is 0.429. The molecule has 1 saturated carbocycles. The smallest absolute Gasteiger partial charge is 0.153 e. The van der Waals surface area contributed by atoms with Crippen LogP contribution in [0.25, 0.3) is 0 Å². The van der Waals surface area contributed by atoms with E-state index in [2.05, 4.69) is 27.3 Å². The summed E-state index contributed by atoms with van der Waals surface area (Å²) >= 11 is 0. The van der Waals surface area contributed by atoms with Gasteiger partial charge < -0.3 is 5.73 Å². The molecule has 1 aromatic carbocycles. The van der Waals surface area contributed by atoms with Crippen molar-refractivity contribution in [1.82, 2.24) is 15.2 Å². The SMILES string of the molecule is NC(Cc1nc(C2CCCCC2)n[nH]1)c1ccccc1. The molecule has 106 valence electrons. The molecule has 0 radical (unpaired) electrons. The van der Waals surface area contributed by atoms with Gasteiger partial charge in [-0.15, -0.1) is 0 Å². The molecule has 1 atom stereocenters. The largest absolute Gasteiger partial charge is 0.324 e. The van der Waals surface area contributed by atoms with Gasteiger partial charge in [-0.3, -0.25) is 5.10 Å². The Morgan fingerprint density at radius 2 is 1.90 bits per heavy atom. The van der Waals surface area contributed by atoms with Crippen LogP contribution in [0.15, 0.2) is 30.3 Å². The maximum Gasteiger partial charge on any atom is 0.153 e. The summed E-state index contributed by atoms with van der Waals surface area (Å²) in [4.78, 5) is 4.65. The zero-order chi connectivity index (χ0) is 13.8. The van der Waals surface area contributed by atoms with Crippen molar-refractivity contribution in [1.29, 1.82) is 0 Å². The molecule has 3 rings (SSSR count). The summed E-state index contributed by atoms with van der Waals surface area (Å²) in [5, 5.41) is 7.46. The van der Waals surface area contributed by atoms with E-state index in [1.807, 2.05) is 18.2 Å². The predicted molar refractivity (Wildman–Crippen MR) is 79.3 cm³/mol. The Labute approximate surface area is 119 Å². The van der Waals surface area contributed by atoms with Crippen LogP contribution in [-0.2, 0) is 6.42 Å². The highest BCUT2D eigenvalue weighted by Crippen LogP contribution is 2.30. The Balaban J connectivity index is 1.65. The van der Waals surface area contributed by atoms with Crippen LogP contribution in [-0.4, -0.2) is 15.2 Å².